The van der Waals surface area contributed by atoms with E-state index in [4.69, 9.17) is 10.5 Å². The molecule has 2 aromatic carbocycles. The molecule has 0 bridgehead atoms. The van der Waals surface area contributed by atoms with Crippen LogP contribution < -0.4 is 15.8 Å². The van der Waals surface area contributed by atoms with Crippen LogP contribution in [0.4, 0.5) is 0 Å². The van der Waals surface area contributed by atoms with Gasteiger partial charge < -0.3 is 15.8 Å². The number of nitrogens with one attached hydrogen (secondary N) is 1. The molecule has 1 atom stereocenters. The molecule has 5 nitrogen and oxygen atoms in total. The maximum atomic E-state index is 13.1. The molecule has 2 aromatic rings. The molecule has 0 saturated carbocycles. The molecule has 1 heterocycles. The first kappa shape index (κ1) is 16.2. The number of benzene rings is 2. The van der Waals surface area contributed by atoms with Crippen molar-refractivity contribution in [3.63, 3.8) is 0 Å². The van der Waals surface area contributed by atoms with Crippen molar-refractivity contribution in [3.8, 4) is 5.75 Å². The lowest BCUT2D eigenvalue weighted by Crippen LogP contribution is -2.20. The molecule has 3 rings (SSSR count). The van der Waals surface area contributed by atoms with Gasteiger partial charge in [-0.05, 0) is 42.6 Å². The van der Waals surface area contributed by atoms with Crippen LogP contribution in [-0.4, -0.2) is 31.9 Å². The second-order valence-corrected chi connectivity index (χ2v) is 5.85. The van der Waals surface area contributed by atoms with E-state index in [1.165, 1.54) is 7.11 Å². The molecule has 24 heavy (non-hydrogen) atoms. The zero-order chi connectivity index (χ0) is 17.1. The monoisotopic (exact) mass is 324 g/mol. The van der Waals surface area contributed by atoms with Crippen LogP contribution >= 0.6 is 0 Å². The van der Waals surface area contributed by atoms with E-state index in [1.54, 1.807) is 36.4 Å². The van der Waals surface area contributed by atoms with Gasteiger partial charge in [0, 0.05) is 17.7 Å². The van der Waals surface area contributed by atoms with Crippen molar-refractivity contribution in [2.45, 2.75) is 12.3 Å². The van der Waals surface area contributed by atoms with Crippen molar-refractivity contribution in [1.82, 2.24) is 5.32 Å². The first-order valence-corrected chi connectivity index (χ1v) is 7.94. The average Bonchev–Trinajstić information content (AvgIpc) is 3.14. The SMILES string of the molecule is COc1ccccc1C(=O)c1cccc(C(N)=O)c1C1CCNC1. The molecule has 1 aliphatic heterocycles. The smallest absolute Gasteiger partial charge is 0.249 e. The van der Waals surface area contributed by atoms with E-state index in [-0.39, 0.29) is 11.7 Å². The van der Waals surface area contributed by atoms with Crippen LogP contribution in [0.2, 0.25) is 0 Å². The summed E-state index contributed by atoms with van der Waals surface area (Å²) >= 11 is 0. The van der Waals surface area contributed by atoms with Gasteiger partial charge in [-0.2, -0.15) is 0 Å². The fourth-order valence-corrected chi connectivity index (χ4v) is 3.30. The van der Waals surface area contributed by atoms with Gasteiger partial charge in [0.05, 0.1) is 12.7 Å². The molecule has 0 radical (unpaired) electrons. The number of carbonyl (C=O) groups is 2. The standard InChI is InChI=1S/C19H20N2O3/c1-24-16-8-3-2-5-13(16)18(22)14-6-4-7-15(19(20)23)17(14)12-9-10-21-11-12/h2-8,12,21H,9-11H2,1H3,(H2,20,23). The second-order valence-electron chi connectivity index (χ2n) is 5.85. The van der Waals surface area contributed by atoms with Crippen molar-refractivity contribution in [2.75, 3.05) is 20.2 Å². The van der Waals surface area contributed by atoms with Crippen molar-refractivity contribution in [3.05, 3.63) is 64.7 Å². The summed E-state index contributed by atoms with van der Waals surface area (Å²) in [6, 6.07) is 12.2. The van der Waals surface area contributed by atoms with Crippen LogP contribution in [0, 0.1) is 0 Å². The van der Waals surface area contributed by atoms with Gasteiger partial charge in [-0.3, -0.25) is 9.59 Å². The number of nitrogens with two attached hydrogens (primary N) is 1. The molecule has 1 amide bonds. The van der Waals surface area contributed by atoms with Gasteiger partial charge in [-0.25, -0.2) is 0 Å². The van der Waals surface area contributed by atoms with Crippen LogP contribution in [0.25, 0.3) is 0 Å². The molecule has 1 saturated heterocycles. The normalized spacial score (nSPS) is 16.8. The van der Waals surface area contributed by atoms with Gasteiger partial charge in [-0.15, -0.1) is 0 Å². The highest BCUT2D eigenvalue weighted by Gasteiger charge is 2.28. The average molecular weight is 324 g/mol. The van der Waals surface area contributed by atoms with Gasteiger partial charge in [0.25, 0.3) is 0 Å². The van der Waals surface area contributed by atoms with Gasteiger partial charge in [-0.1, -0.05) is 24.3 Å². The predicted octanol–water partition coefficient (Wildman–Crippen LogP) is 2.10. The predicted molar refractivity (Wildman–Crippen MR) is 91.6 cm³/mol. The van der Waals surface area contributed by atoms with Crippen molar-refractivity contribution in [1.29, 1.82) is 0 Å². The van der Waals surface area contributed by atoms with E-state index < -0.39 is 5.91 Å². The Kier molecular flexibility index (Phi) is 4.62. The van der Waals surface area contributed by atoms with Crippen LogP contribution in [0.1, 0.15) is 44.2 Å². The second kappa shape index (κ2) is 6.84. The van der Waals surface area contributed by atoms with Crippen LogP contribution in [0.5, 0.6) is 5.75 Å². The molecular weight excluding hydrogens is 304 g/mol. The molecule has 1 aliphatic rings. The fourth-order valence-electron chi connectivity index (χ4n) is 3.30. The highest BCUT2D eigenvalue weighted by molar-refractivity contribution is 6.13. The Bertz CT molecular complexity index is 780. The lowest BCUT2D eigenvalue weighted by Gasteiger charge is -2.18. The van der Waals surface area contributed by atoms with E-state index >= 15 is 0 Å². The van der Waals surface area contributed by atoms with Crippen molar-refractivity contribution in [2.24, 2.45) is 5.73 Å². The third-order valence-electron chi connectivity index (χ3n) is 4.44. The van der Waals surface area contributed by atoms with Crippen molar-refractivity contribution >= 4 is 11.7 Å². The van der Waals surface area contributed by atoms with E-state index in [9.17, 15) is 9.59 Å². The van der Waals surface area contributed by atoms with E-state index in [2.05, 4.69) is 5.32 Å². The Labute approximate surface area is 140 Å². The zero-order valence-corrected chi connectivity index (χ0v) is 13.5. The summed E-state index contributed by atoms with van der Waals surface area (Å²) in [4.78, 5) is 25.0. The molecule has 0 aromatic heterocycles. The third kappa shape index (κ3) is 2.90. The number of amides is 1. The maximum absolute atomic E-state index is 13.1. The number of methoxy groups -OCH3 is 1. The first-order valence-electron chi connectivity index (χ1n) is 7.94. The van der Waals surface area contributed by atoms with E-state index in [0.717, 1.165) is 25.1 Å². The lowest BCUT2D eigenvalue weighted by molar-refractivity contribution is 0.0999. The van der Waals surface area contributed by atoms with Gasteiger partial charge in [0.15, 0.2) is 5.78 Å². The van der Waals surface area contributed by atoms with Gasteiger partial charge in [0.2, 0.25) is 5.91 Å². The third-order valence-corrected chi connectivity index (χ3v) is 4.44. The minimum atomic E-state index is -0.508. The summed E-state index contributed by atoms with van der Waals surface area (Å²) in [6.45, 7) is 1.59. The van der Waals surface area contributed by atoms with Crippen LogP contribution in [-0.2, 0) is 0 Å². The Hall–Kier alpha value is -2.66. The van der Waals surface area contributed by atoms with E-state index in [1.807, 2.05) is 6.07 Å². The molecule has 1 fully saturated rings. The lowest BCUT2D eigenvalue weighted by atomic mass is 9.85. The Morgan fingerprint density at radius 1 is 1.08 bits per heavy atom. The Morgan fingerprint density at radius 3 is 2.46 bits per heavy atom. The van der Waals surface area contributed by atoms with Crippen LogP contribution in [0.15, 0.2) is 42.5 Å². The zero-order valence-electron chi connectivity index (χ0n) is 13.5. The molecule has 3 N–H and O–H groups in total. The number of hydrogen-bond acceptors (Lipinski definition) is 4. The number of ketones is 1. The number of primary amides is 1. The highest BCUT2D eigenvalue weighted by atomic mass is 16.5. The fraction of sp³-hybridized carbons (Fsp3) is 0.263. The minimum absolute atomic E-state index is 0.0994. The van der Waals surface area contributed by atoms with Gasteiger partial charge >= 0.3 is 0 Å². The number of para-hydroxylation sites is 1. The van der Waals surface area contributed by atoms with E-state index in [0.29, 0.717) is 22.4 Å². The summed E-state index contributed by atoms with van der Waals surface area (Å²) in [5.41, 5.74) is 7.71. The summed E-state index contributed by atoms with van der Waals surface area (Å²) < 4.78 is 5.31. The number of hydrogen-bond donors (Lipinski definition) is 2. The summed E-state index contributed by atoms with van der Waals surface area (Å²) in [5.74, 6) is -0.0474. The number of ether oxygens (including phenoxy) is 1. The maximum Gasteiger partial charge on any atom is 0.249 e. The Balaban J connectivity index is 2.15. The number of carbonyl (C=O) groups excluding carboxylic acids is 2. The minimum Gasteiger partial charge on any atom is -0.496 e. The first-order chi connectivity index (χ1) is 11.6. The topological polar surface area (TPSA) is 81.4 Å². The van der Waals surface area contributed by atoms with Crippen molar-refractivity contribution < 1.29 is 14.3 Å². The summed E-state index contributed by atoms with van der Waals surface area (Å²) in [6.07, 6.45) is 0.872. The molecule has 5 heteroatoms. The Morgan fingerprint density at radius 2 is 1.79 bits per heavy atom. The number of rotatable bonds is 5. The molecule has 0 spiro atoms. The van der Waals surface area contributed by atoms with Crippen LogP contribution in [0.3, 0.4) is 0 Å². The molecule has 1 unspecified atom stereocenters. The quantitative estimate of drug-likeness (QED) is 0.825. The molecule has 124 valence electrons. The summed E-state index contributed by atoms with van der Waals surface area (Å²) in [5, 5.41) is 3.28. The highest BCUT2D eigenvalue weighted by Crippen LogP contribution is 2.32. The summed E-state index contributed by atoms with van der Waals surface area (Å²) in [7, 11) is 1.54. The molecule has 0 aliphatic carbocycles. The van der Waals surface area contributed by atoms with Gasteiger partial charge in [0.1, 0.15) is 5.75 Å². The molecular formula is C19H20N2O3. The largest absolute Gasteiger partial charge is 0.496 e.